The molecule has 2 atom stereocenters. The lowest BCUT2D eigenvalue weighted by Crippen LogP contribution is -2.47. The van der Waals surface area contributed by atoms with Crippen molar-refractivity contribution in [2.24, 2.45) is 5.92 Å². The van der Waals surface area contributed by atoms with Crippen molar-refractivity contribution in [2.45, 2.75) is 32.7 Å². The Kier molecular flexibility index (Phi) is 6.26. The fourth-order valence-corrected chi connectivity index (χ4v) is 4.36. The van der Waals surface area contributed by atoms with Gasteiger partial charge in [0.05, 0.1) is 19.1 Å². The van der Waals surface area contributed by atoms with Crippen molar-refractivity contribution < 1.29 is 14.3 Å². The number of hydrogen-bond donors (Lipinski definition) is 1. The topological polar surface area (TPSA) is 58.6 Å². The number of carbonyl (C=O) groups excluding carboxylic acids is 2. The molecule has 5 nitrogen and oxygen atoms in total. The minimum Gasteiger partial charge on any atom is -0.497 e. The third-order valence-corrected chi connectivity index (χ3v) is 6.29. The lowest BCUT2D eigenvalue weighted by molar-refractivity contribution is -0.125. The summed E-state index contributed by atoms with van der Waals surface area (Å²) in [6.45, 7) is 4.04. The van der Waals surface area contributed by atoms with Gasteiger partial charge in [0.2, 0.25) is 11.8 Å². The fourth-order valence-electron chi connectivity index (χ4n) is 4.36. The SMILES string of the molecule is COc1ccc(N2C(=O)CCC(C(=O)Nc3cccc(C)c3C)C2c2ccccc2)cc1. The quantitative estimate of drug-likeness (QED) is 0.589. The number of benzene rings is 3. The molecule has 1 heterocycles. The van der Waals surface area contributed by atoms with Crippen molar-refractivity contribution in [3.05, 3.63) is 89.5 Å². The van der Waals surface area contributed by atoms with Crippen LogP contribution in [0.15, 0.2) is 72.8 Å². The summed E-state index contributed by atoms with van der Waals surface area (Å²) >= 11 is 0. The minimum absolute atomic E-state index is 0.0137. The summed E-state index contributed by atoms with van der Waals surface area (Å²) < 4.78 is 5.27. The van der Waals surface area contributed by atoms with Gasteiger partial charge in [-0.25, -0.2) is 0 Å². The number of amides is 2. The largest absolute Gasteiger partial charge is 0.497 e. The second-order valence-electron chi connectivity index (χ2n) is 8.20. The number of ether oxygens (including phenoxy) is 1. The molecule has 1 fully saturated rings. The lowest BCUT2D eigenvalue weighted by Gasteiger charge is -2.41. The molecule has 1 aliphatic rings. The van der Waals surface area contributed by atoms with E-state index in [0.29, 0.717) is 12.8 Å². The van der Waals surface area contributed by atoms with Crippen molar-refractivity contribution >= 4 is 23.2 Å². The van der Waals surface area contributed by atoms with E-state index < -0.39 is 6.04 Å². The molecule has 1 saturated heterocycles. The van der Waals surface area contributed by atoms with Gasteiger partial charge in [-0.2, -0.15) is 0 Å². The Morgan fingerprint density at radius 1 is 0.969 bits per heavy atom. The van der Waals surface area contributed by atoms with Crippen LogP contribution in [-0.4, -0.2) is 18.9 Å². The first-order valence-electron chi connectivity index (χ1n) is 10.9. The van der Waals surface area contributed by atoms with Gasteiger partial charge < -0.3 is 15.0 Å². The van der Waals surface area contributed by atoms with Crippen LogP contribution >= 0.6 is 0 Å². The van der Waals surface area contributed by atoms with Crippen LogP contribution in [0.3, 0.4) is 0 Å². The minimum atomic E-state index is -0.393. The first kappa shape index (κ1) is 21.6. The second kappa shape index (κ2) is 9.27. The number of methoxy groups -OCH3 is 1. The third kappa shape index (κ3) is 4.24. The predicted molar refractivity (Wildman–Crippen MR) is 127 cm³/mol. The number of nitrogens with zero attached hydrogens (tertiary/aromatic N) is 1. The Labute approximate surface area is 189 Å². The zero-order valence-corrected chi connectivity index (χ0v) is 18.7. The number of aryl methyl sites for hydroxylation is 1. The summed E-state index contributed by atoms with van der Waals surface area (Å²) in [5, 5.41) is 3.13. The van der Waals surface area contributed by atoms with E-state index in [-0.39, 0.29) is 17.7 Å². The van der Waals surface area contributed by atoms with Gasteiger partial charge in [-0.1, -0.05) is 42.5 Å². The average molecular weight is 429 g/mol. The molecule has 3 aromatic rings. The highest BCUT2D eigenvalue weighted by Gasteiger charge is 2.41. The summed E-state index contributed by atoms with van der Waals surface area (Å²) in [7, 11) is 1.61. The van der Waals surface area contributed by atoms with Crippen LogP contribution < -0.4 is 15.0 Å². The van der Waals surface area contributed by atoms with Crippen LogP contribution in [0.2, 0.25) is 0 Å². The molecule has 0 radical (unpaired) electrons. The number of hydrogen-bond acceptors (Lipinski definition) is 3. The normalized spacial score (nSPS) is 18.3. The monoisotopic (exact) mass is 428 g/mol. The third-order valence-electron chi connectivity index (χ3n) is 6.29. The molecular weight excluding hydrogens is 400 g/mol. The van der Waals surface area contributed by atoms with Gasteiger partial charge in [-0.15, -0.1) is 0 Å². The summed E-state index contributed by atoms with van der Waals surface area (Å²) in [5.41, 5.74) is 4.69. The number of carbonyl (C=O) groups is 2. The van der Waals surface area contributed by atoms with E-state index in [1.807, 2.05) is 86.6 Å². The molecule has 0 aliphatic carbocycles. The molecule has 0 spiro atoms. The van der Waals surface area contributed by atoms with Crippen LogP contribution in [0.25, 0.3) is 0 Å². The average Bonchev–Trinajstić information content (AvgIpc) is 2.82. The Balaban J connectivity index is 1.72. The number of nitrogens with one attached hydrogen (secondary N) is 1. The molecule has 4 rings (SSSR count). The molecule has 2 amide bonds. The highest BCUT2D eigenvalue weighted by atomic mass is 16.5. The number of piperidine rings is 1. The lowest BCUT2D eigenvalue weighted by atomic mass is 9.83. The van der Waals surface area contributed by atoms with E-state index in [1.165, 1.54) is 0 Å². The molecule has 1 N–H and O–H groups in total. The maximum Gasteiger partial charge on any atom is 0.229 e. The second-order valence-corrected chi connectivity index (χ2v) is 8.20. The van der Waals surface area contributed by atoms with E-state index in [9.17, 15) is 9.59 Å². The van der Waals surface area contributed by atoms with Gasteiger partial charge in [0.15, 0.2) is 0 Å². The standard InChI is InChI=1S/C27H28N2O3/c1-18-8-7-11-24(19(18)2)28-27(31)23-16-17-25(30)29(21-12-14-22(32-3)15-13-21)26(23)20-9-5-4-6-10-20/h4-15,23,26H,16-17H2,1-3H3,(H,28,31). The van der Waals surface area contributed by atoms with E-state index in [0.717, 1.165) is 33.8 Å². The van der Waals surface area contributed by atoms with E-state index in [4.69, 9.17) is 4.74 Å². The Hall–Kier alpha value is -3.60. The fraction of sp³-hybridized carbons (Fsp3) is 0.259. The highest BCUT2D eigenvalue weighted by Crippen LogP contribution is 2.41. The molecule has 5 heteroatoms. The van der Waals surface area contributed by atoms with Crippen LogP contribution in [0.4, 0.5) is 11.4 Å². The summed E-state index contributed by atoms with van der Waals surface area (Å²) in [5.74, 6) is 0.286. The van der Waals surface area contributed by atoms with Crippen LogP contribution in [0.5, 0.6) is 5.75 Å². The molecule has 2 unspecified atom stereocenters. The molecular formula is C27H28N2O3. The first-order valence-corrected chi connectivity index (χ1v) is 10.9. The summed E-state index contributed by atoms with van der Waals surface area (Å²) in [6.07, 6.45) is 0.821. The van der Waals surface area contributed by atoms with E-state index in [2.05, 4.69) is 5.32 Å². The van der Waals surface area contributed by atoms with Crippen molar-refractivity contribution in [3.63, 3.8) is 0 Å². The van der Waals surface area contributed by atoms with E-state index >= 15 is 0 Å². The molecule has 1 aliphatic heterocycles. The van der Waals surface area contributed by atoms with Crippen molar-refractivity contribution in [1.29, 1.82) is 0 Å². The van der Waals surface area contributed by atoms with E-state index in [1.54, 1.807) is 12.0 Å². The van der Waals surface area contributed by atoms with Crippen molar-refractivity contribution in [3.8, 4) is 5.75 Å². The Bertz CT molecular complexity index is 1110. The molecule has 0 aromatic heterocycles. The molecule has 32 heavy (non-hydrogen) atoms. The summed E-state index contributed by atoms with van der Waals surface area (Å²) in [6, 6.07) is 22.7. The predicted octanol–water partition coefficient (Wildman–Crippen LogP) is 5.44. The van der Waals surface area contributed by atoms with Gasteiger partial charge in [0.25, 0.3) is 0 Å². The maximum atomic E-state index is 13.5. The van der Waals surface area contributed by atoms with Gasteiger partial charge in [-0.3, -0.25) is 9.59 Å². The molecule has 164 valence electrons. The van der Waals surface area contributed by atoms with Crippen LogP contribution in [-0.2, 0) is 9.59 Å². The maximum absolute atomic E-state index is 13.5. The smallest absolute Gasteiger partial charge is 0.229 e. The molecule has 0 bridgehead atoms. The van der Waals surface area contributed by atoms with Crippen molar-refractivity contribution in [2.75, 3.05) is 17.3 Å². The molecule has 0 saturated carbocycles. The van der Waals surface area contributed by atoms with Gasteiger partial charge in [0, 0.05) is 17.8 Å². The summed E-state index contributed by atoms with van der Waals surface area (Å²) in [4.78, 5) is 28.4. The van der Waals surface area contributed by atoms with Gasteiger partial charge >= 0.3 is 0 Å². The first-order chi connectivity index (χ1) is 15.5. The Morgan fingerprint density at radius 3 is 2.38 bits per heavy atom. The van der Waals surface area contributed by atoms with Crippen molar-refractivity contribution in [1.82, 2.24) is 0 Å². The number of anilines is 2. The van der Waals surface area contributed by atoms with Crippen LogP contribution in [0.1, 0.15) is 35.6 Å². The zero-order chi connectivity index (χ0) is 22.7. The molecule has 3 aromatic carbocycles. The van der Waals surface area contributed by atoms with Gasteiger partial charge in [0.1, 0.15) is 5.75 Å². The van der Waals surface area contributed by atoms with Crippen LogP contribution in [0, 0.1) is 19.8 Å². The number of rotatable bonds is 5. The Morgan fingerprint density at radius 2 is 1.69 bits per heavy atom. The van der Waals surface area contributed by atoms with Gasteiger partial charge in [-0.05, 0) is 67.3 Å². The highest BCUT2D eigenvalue weighted by molar-refractivity contribution is 6.00. The zero-order valence-electron chi connectivity index (χ0n) is 18.7.